The minimum atomic E-state index is -4.89. The smallest absolute Gasteiger partial charge is 0.481 e. The predicted molar refractivity (Wildman–Crippen MR) is 184 cm³/mol. The second kappa shape index (κ2) is 22.6. The van der Waals surface area contributed by atoms with E-state index in [1.54, 1.807) is 6.92 Å². The van der Waals surface area contributed by atoms with Gasteiger partial charge in [-0.15, -0.1) is 0 Å². The molecule has 11 N–H and O–H groups in total. The Bertz CT molecular complexity index is 1610. The Balaban J connectivity index is 3.34. The maximum Gasteiger partial charge on any atom is 0.524 e. The molecule has 0 radical (unpaired) electrons. The minimum Gasteiger partial charge on any atom is -0.481 e. The van der Waals surface area contributed by atoms with Crippen LogP contribution in [0.4, 0.5) is 0 Å². The van der Waals surface area contributed by atoms with E-state index in [4.69, 9.17) is 14.9 Å². The van der Waals surface area contributed by atoms with Crippen LogP contribution in [0.3, 0.4) is 0 Å². The molecule has 0 saturated carbocycles. The average Bonchev–Trinajstić information content (AvgIpc) is 3.07. The molecule has 0 spiro atoms. The Morgan fingerprint density at radius 2 is 1.07 bits per heavy atom. The number of phosphoric ester groups is 1. The lowest BCUT2D eigenvalue weighted by Gasteiger charge is -2.28. The van der Waals surface area contributed by atoms with Crippen LogP contribution in [0.1, 0.15) is 70.8 Å². The molecule has 23 heteroatoms. The van der Waals surface area contributed by atoms with Gasteiger partial charge in [0.2, 0.25) is 23.6 Å². The Hall–Kier alpha value is -5.60. The fourth-order valence-electron chi connectivity index (χ4n) is 4.95. The van der Waals surface area contributed by atoms with Crippen LogP contribution in [0, 0.1) is 11.8 Å². The highest BCUT2D eigenvalue weighted by molar-refractivity contribution is 7.46. The Kier molecular flexibility index (Phi) is 19.5. The van der Waals surface area contributed by atoms with Crippen molar-refractivity contribution in [2.45, 2.75) is 95.8 Å². The van der Waals surface area contributed by atoms with E-state index in [-0.39, 0.29) is 18.6 Å². The van der Waals surface area contributed by atoms with Gasteiger partial charge in [-0.05, 0) is 49.3 Å². The van der Waals surface area contributed by atoms with Gasteiger partial charge in [0.1, 0.15) is 29.9 Å². The summed E-state index contributed by atoms with van der Waals surface area (Å²) >= 11 is 0. The Morgan fingerprint density at radius 3 is 1.49 bits per heavy atom. The van der Waals surface area contributed by atoms with E-state index < -0.39 is 142 Å². The first-order valence-corrected chi connectivity index (χ1v) is 18.2. The molecule has 0 heterocycles. The summed E-state index contributed by atoms with van der Waals surface area (Å²) in [5, 5.41) is 55.5. The number of nitrogens with one attached hydrogen (secondary N) is 4. The quantitative estimate of drug-likeness (QED) is 0.0524. The summed E-state index contributed by atoms with van der Waals surface area (Å²) in [4.78, 5) is 129. The molecule has 55 heavy (non-hydrogen) atoms. The van der Waals surface area contributed by atoms with Gasteiger partial charge in [-0.1, -0.05) is 32.4 Å². The molecule has 1 aromatic carbocycles. The van der Waals surface area contributed by atoms with Crippen LogP contribution in [0.25, 0.3) is 0 Å². The van der Waals surface area contributed by atoms with Crippen molar-refractivity contribution in [2.24, 2.45) is 11.8 Å². The van der Waals surface area contributed by atoms with Crippen molar-refractivity contribution in [3.05, 3.63) is 29.8 Å². The van der Waals surface area contributed by atoms with Crippen LogP contribution in [-0.4, -0.2) is 113 Å². The SMILES string of the molecule is CCC(C)[C@H](NC(=O)[C@H](CCC(=O)O)NC(=O)[C@H](CCC(=O)O)NC(=O)[C@@H](CC(=O)O)Cc1ccc(OP(=O)(O)O)cc1)C(=O)N[C@@H](CCC(=O)O)C(=O)O. The molecular weight excluding hydrogens is 759 g/mol. The first-order valence-electron chi connectivity index (χ1n) is 16.7. The van der Waals surface area contributed by atoms with Crippen molar-refractivity contribution in [1.82, 2.24) is 21.3 Å². The van der Waals surface area contributed by atoms with Crippen molar-refractivity contribution in [2.75, 3.05) is 0 Å². The molecular formula is C32H45N4O18P. The molecule has 6 atom stereocenters. The molecule has 1 rings (SSSR count). The topological polar surface area (TPSA) is 370 Å². The highest BCUT2D eigenvalue weighted by atomic mass is 31.2. The summed E-state index contributed by atoms with van der Waals surface area (Å²) in [5.74, 6) is -13.8. The molecule has 0 aliphatic rings. The van der Waals surface area contributed by atoms with E-state index >= 15 is 0 Å². The number of hydrogen-bond donors (Lipinski definition) is 11. The minimum absolute atomic E-state index is 0.237. The van der Waals surface area contributed by atoms with Gasteiger partial charge < -0.3 is 51.3 Å². The molecule has 0 aliphatic heterocycles. The lowest BCUT2D eigenvalue weighted by atomic mass is 9.94. The monoisotopic (exact) mass is 804 g/mol. The molecule has 0 bridgehead atoms. The van der Waals surface area contributed by atoms with Crippen molar-refractivity contribution in [3.63, 3.8) is 0 Å². The predicted octanol–water partition coefficient (Wildman–Crippen LogP) is -0.544. The molecule has 306 valence electrons. The molecule has 0 aromatic heterocycles. The van der Waals surface area contributed by atoms with Crippen LogP contribution < -0.4 is 25.8 Å². The van der Waals surface area contributed by atoms with Gasteiger partial charge in [0.05, 0.1) is 12.3 Å². The first kappa shape index (κ1) is 47.4. The number of carboxylic acids is 5. The Labute approximate surface area is 313 Å². The number of benzene rings is 1. The number of amides is 4. The third-order valence-electron chi connectivity index (χ3n) is 8.04. The van der Waals surface area contributed by atoms with Gasteiger partial charge >= 0.3 is 37.7 Å². The van der Waals surface area contributed by atoms with Gasteiger partial charge in [-0.2, -0.15) is 0 Å². The molecule has 0 fully saturated rings. The highest BCUT2D eigenvalue weighted by Crippen LogP contribution is 2.37. The fourth-order valence-corrected chi connectivity index (χ4v) is 5.35. The van der Waals surface area contributed by atoms with E-state index in [0.717, 1.165) is 12.1 Å². The van der Waals surface area contributed by atoms with E-state index in [1.165, 1.54) is 19.1 Å². The van der Waals surface area contributed by atoms with Crippen molar-refractivity contribution >= 4 is 61.3 Å². The normalized spacial score (nSPS) is 14.4. The molecule has 0 saturated heterocycles. The van der Waals surface area contributed by atoms with Gasteiger partial charge in [-0.25, -0.2) is 9.36 Å². The zero-order chi connectivity index (χ0) is 42.0. The van der Waals surface area contributed by atoms with E-state index in [0.29, 0.717) is 5.56 Å². The third-order valence-corrected chi connectivity index (χ3v) is 8.48. The van der Waals surface area contributed by atoms with Crippen LogP contribution in [-0.2, 0) is 54.1 Å². The summed E-state index contributed by atoms with van der Waals surface area (Å²) < 4.78 is 15.5. The van der Waals surface area contributed by atoms with Crippen molar-refractivity contribution < 1.29 is 87.6 Å². The van der Waals surface area contributed by atoms with E-state index in [2.05, 4.69) is 25.8 Å². The van der Waals surface area contributed by atoms with Crippen molar-refractivity contribution in [1.29, 1.82) is 0 Å². The lowest BCUT2D eigenvalue weighted by Crippen LogP contribution is -2.59. The third kappa shape index (κ3) is 18.8. The highest BCUT2D eigenvalue weighted by Gasteiger charge is 2.35. The number of carbonyl (C=O) groups is 9. The molecule has 22 nitrogen and oxygen atoms in total. The second-order valence-electron chi connectivity index (χ2n) is 12.4. The lowest BCUT2D eigenvalue weighted by molar-refractivity contribution is -0.144. The number of carbonyl (C=O) groups excluding carboxylic acids is 4. The zero-order valence-corrected chi connectivity index (χ0v) is 30.6. The van der Waals surface area contributed by atoms with Crippen molar-refractivity contribution in [3.8, 4) is 5.75 Å². The molecule has 1 aromatic rings. The average molecular weight is 805 g/mol. The summed E-state index contributed by atoms with van der Waals surface area (Å²) in [5.41, 5.74) is 0.299. The van der Waals surface area contributed by atoms with Gasteiger partial charge in [-0.3, -0.25) is 48.1 Å². The number of rotatable bonds is 26. The number of aliphatic carboxylic acids is 5. The summed E-state index contributed by atoms with van der Waals surface area (Å²) in [7, 11) is -4.89. The van der Waals surface area contributed by atoms with Crippen LogP contribution >= 0.6 is 7.82 Å². The zero-order valence-electron chi connectivity index (χ0n) is 29.7. The number of carboxylic acid groups (broad SMARTS) is 5. The van der Waals surface area contributed by atoms with Gasteiger partial charge in [0.15, 0.2) is 0 Å². The fraction of sp³-hybridized carbons (Fsp3) is 0.531. The molecule has 1 unspecified atom stereocenters. The Morgan fingerprint density at radius 1 is 0.636 bits per heavy atom. The number of hydrogen-bond acceptors (Lipinski definition) is 11. The van der Waals surface area contributed by atoms with Crippen LogP contribution in [0.15, 0.2) is 24.3 Å². The first-order chi connectivity index (χ1) is 25.5. The molecule has 4 amide bonds. The van der Waals surface area contributed by atoms with Crippen LogP contribution in [0.2, 0.25) is 0 Å². The van der Waals surface area contributed by atoms with Gasteiger partial charge in [0.25, 0.3) is 0 Å². The number of phosphoric acid groups is 1. The summed E-state index contributed by atoms with van der Waals surface area (Å²) in [6.07, 6.45) is -4.53. The second-order valence-corrected chi connectivity index (χ2v) is 13.6. The van der Waals surface area contributed by atoms with E-state index in [9.17, 15) is 68.1 Å². The maximum absolute atomic E-state index is 13.5. The molecule has 0 aliphatic carbocycles. The van der Waals surface area contributed by atoms with Gasteiger partial charge in [0, 0.05) is 19.3 Å². The standard InChI is InChI=1S/C32H45N4O18P/c1-3-16(2)27(31(48)35-22(32(49)50)10-13-25(41)42)36-30(47)21(9-12-24(39)40)34-29(46)20(8-11-23(37)38)33-28(45)18(15-26(43)44)14-17-4-6-19(7-5-17)54-55(51,52)53/h4-7,16,18,20-22,27H,3,8-15H2,1-2H3,(H,33,45)(H,34,46)(H,35,48)(H,36,47)(H,37,38)(H,39,40)(H,41,42)(H,43,44)(H,49,50)(H2,51,52,53)/t16?,18-,20+,21+,22+,27+/m1/s1. The largest absolute Gasteiger partial charge is 0.524 e. The summed E-state index contributed by atoms with van der Waals surface area (Å²) in [6.45, 7) is 3.14. The van der Waals surface area contributed by atoms with E-state index in [1.807, 2.05) is 0 Å². The maximum atomic E-state index is 13.5. The van der Waals surface area contributed by atoms with Crippen LogP contribution in [0.5, 0.6) is 5.75 Å². The summed E-state index contributed by atoms with van der Waals surface area (Å²) in [6, 6.07) is -1.69.